The molecular formula is C16H21N5. The summed E-state index contributed by atoms with van der Waals surface area (Å²) in [5.41, 5.74) is 2.27. The fraction of sp³-hybridized carbons (Fsp3) is 0.438. The first kappa shape index (κ1) is 13.8. The van der Waals surface area contributed by atoms with Crippen LogP contribution in [0.25, 0.3) is 11.4 Å². The third-order valence-electron chi connectivity index (χ3n) is 3.66. The Morgan fingerprint density at radius 3 is 2.43 bits per heavy atom. The maximum Gasteiger partial charge on any atom is 0.230 e. The van der Waals surface area contributed by atoms with Crippen molar-refractivity contribution in [2.45, 2.75) is 26.7 Å². The van der Waals surface area contributed by atoms with Crippen LogP contribution in [0.1, 0.15) is 25.3 Å². The second-order valence-electron chi connectivity index (χ2n) is 5.37. The number of benzene rings is 1. The molecule has 1 aromatic carbocycles. The van der Waals surface area contributed by atoms with Gasteiger partial charge in [-0.1, -0.05) is 29.8 Å². The summed E-state index contributed by atoms with van der Waals surface area (Å²) in [7, 11) is 0. The van der Waals surface area contributed by atoms with E-state index in [1.165, 1.54) is 18.4 Å². The van der Waals surface area contributed by atoms with Crippen LogP contribution < -0.4 is 10.2 Å². The van der Waals surface area contributed by atoms with E-state index in [0.717, 1.165) is 37.0 Å². The number of aryl methyl sites for hydroxylation is 1. The molecule has 5 heteroatoms. The Bertz CT molecular complexity index is 603. The van der Waals surface area contributed by atoms with Gasteiger partial charge in [-0.2, -0.15) is 15.0 Å². The Hall–Kier alpha value is -2.17. The number of rotatable bonds is 4. The fourth-order valence-electron chi connectivity index (χ4n) is 2.49. The Balaban J connectivity index is 1.99. The van der Waals surface area contributed by atoms with Crippen LogP contribution in [0, 0.1) is 6.92 Å². The van der Waals surface area contributed by atoms with E-state index >= 15 is 0 Å². The summed E-state index contributed by atoms with van der Waals surface area (Å²) >= 11 is 0. The molecule has 0 spiro atoms. The van der Waals surface area contributed by atoms with Crippen LogP contribution in [0.2, 0.25) is 0 Å². The molecule has 0 radical (unpaired) electrons. The zero-order valence-corrected chi connectivity index (χ0v) is 12.6. The minimum absolute atomic E-state index is 0.657. The largest absolute Gasteiger partial charge is 0.354 e. The smallest absolute Gasteiger partial charge is 0.230 e. The van der Waals surface area contributed by atoms with Crippen molar-refractivity contribution in [1.82, 2.24) is 15.0 Å². The first-order valence-electron chi connectivity index (χ1n) is 7.58. The Morgan fingerprint density at radius 1 is 1.05 bits per heavy atom. The standard InChI is InChI=1S/C16H21N5/c1-3-17-15-18-14(13-8-6-12(2)7-9-13)19-16(20-15)21-10-4-5-11-21/h6-9H,3-5,10-11H2,1-2H3,(H,17,18,19,20). The lowest BCUT2D eigenvalue weighted by Gasteiger charge is -2.16. The maximum atomic E-state index is 4.66. The van der Waals surface area contributed by atoms with Crippen molar-refractivity contribution >= 4 is 11.9 Å². The summed E-state index contributed by atoms with van der Waals surface area (Å²) in [5.74, 6) is 2.18. The molecule has 0 bridgehead atoms. The topological polar surface area (TPSA) is 53.9 Å². The van der Waals surface area contributed by atoms with E-state index in [-0.39, 0.29) is 0 Å². The number of nitrogens with zero attached hydrogens (tertiary/aromatic N) is 4. The van der Waals surface area contributed by atoms with E-state index in [1.54, 1.807) is 0 Å². The molecule has 1 aliphatic rings. The zero-order valence-electron chi connectivity index (χ0n) is 12.6. The molecule has 0 saturated carbocycles. The molecule has 3 rings (SSSR count). The molecule has 2 heterocycles. The number of aromatic nitrogens is 3. The zero-order chi connectivity index (χ0) is 14.7. The molecule has 0 aliphatic carbocycles. The summed E-state index contributed by atoms with van der Waals surface area (Å²) in [4.78, 5) is 16.0. The van der Waals surface area contributed by atoms with Crippen molar-refractivity contribution in [2.24, 2.45) is 0 Å². The van der Waals surface area contributed by atoms with Crippen molar-refractivity contribution in [3.63, 3.8) is 0 Å². The second kappa shape index (κ2) is 6.08. The van der Waals surface area contributed by atoms with Crippen LogP contribution in [0.15, 0.2) is 24.3 Å². The minimum Gasteiger partial charge on any atom is -0.354 e. The molecule has 0 amide bonds. The molecule has 2 aromatic rings. The monoisotopic (exact) mass is 283 g/mol. The van der Waals surface area contributed by atoms with Crippen LogP contribution in [0.5, 0.6) is 0 Å². The Morgan fingerprint density at radius 2 is 1.76 bits per heavy atom. The molecule has 1 fully saturated rings. The van der Waals surface area contributed by atoms with E-state index < -0.39 is 0 Å². The van der Waals surface area contributed by atoms with Gasteiger partial charge in [0.25, 0.3) is 0 Å². The lowest BCUT2D eigenvalue weighted by Crippen LogP contribution is -2.22. The van der Waals surface area contributed by atoms with Gasteiger partial charge < -0.3 is 10.2 Å². The predicted molar refractivity (Wildman–Crippen MR) is 85.6 cm³/mol. The van der Waals surface area contributed by atoms with Crippen molar-refractivity contribution in [3.05, 3.63) is 29.8 Å². The third kappa shape index (κ3) is 3.12. The third-order valence-corrected chi connectivity index (χ3v) is 3.66. The lowest BCUT2D eigenvalue weighted by molar-refractivity contribution is 0.881. The predicted octanol–water partition coefficient (Wildman–Crippen LogP) is 2.88. The van der Waals surface area contributed by atoms with E-state index in [9.17, 15) is 0 Å². The van der Waals surface area contributed by atoms with Gasteiger partial charge >= 0.3 is 0 Å². The molecular weight excluding hydrogens is 262 g/mol. The van der Waals surface area contributed by atoms with Gasteiger partial charge in [0.1, 0.15) is 0 Å². The van der Waals surface area contributed by atoms with E-state index in [0.29, 0.717) is 5.95 Å². The summed E-state index contributed by atoms with van der Waals surface area (Å²) < 4.78 is 0. The van der Waals surface area contributed by atoms with Crippen molar-refractivity contribution in [3.8, 4) is 11.4 Å². The van der Waals surface area contributed by atoms with Gasteiger partial charge in [0.2, 0.25) is 11.9 Å². The highest BCUT2D eigenvalue weighted by molar-refractivity contribution is 5.58. The number of anilines is 2. The molecule has 1 aromatic heterocycles. The number of hydrogen-bond acceptors (Lipinski definition) is 5. The highest BCUT2D eigenvalue weighted by Crippen LogP contribution is 2.22. The van der Waals surface area contributed by atoms with Gasteiger partial charge in [0.15, 0.2) is 5.82 Å². The number of hydrogen-bond donors (Lipinski definition) is 1. The highest BCUT2D eigenvalue weighted by Gasteiger charge is 2.17. The van der Waals surface area contributed by atoms with E-state index in [4.69, 9.17) is 0 Å². The molecule has 21 heavy (non-hydrogen) atoms. The van der Waals surface area contributed by atoms with Gasteiger partial charge in [0, 0.05) is 25.2 Å². The summed E-state index contributed by atoms with van der Waals surface area (Å²) in [6.07, 6.45) is 2.42. The van der Waals surface area contributed by atoms with E-state index in [1.807, 2.05) is 6.92 Å². The Kier molecular flexibility index (Phi) is 3.99. The van der Waals surface area contributed by atoms with Gasteiger partial charge in [0.05, 0.1) is 0 Å². The summed E-state index contributed by atoms with van der Waals surface area (Å²) in [6, 6.07) is 8.30. The Labute approximate surface area is 125 Å². The molecule has 0 unspecified atom stereocenters. The quantitative estimate of drug-likeness (QED) is 0.935. The van der Waals surface area contributed by atoms with Crippen LogP contribution in [0.4, 0.5) is 11.9 Å². The SMILES string of the molecule is CCNc1nc(-c2ccc(C)cc2)nc(N2CCCC2)n1. The number of nitrogens with one attached hydrogen (secondary N) is 1. The molecule has 0 atom stereocenters. The van der Waals surface area contributed by atoms with Gasteiger partial charge in [-0.3, -0.25) is 0 Å². The van der Waals surface area contributed by atoms with Crippen LogP contribution in [-0.2, 0) is 0 Å². The van der Waals surface area contributed by atoms with Crippen molar-refractivity contribution in [1.29, 1.82) is 0 Å². The van der Waals surface area contributed by atoms with Gasteiger partial charge in [-0.25, -0.2) is 0 Å². The summed E-state index contributed by atoms with van der Waals surface area (Å²) in [6.45, 7) is 6.99. The molecule has 1 saturated heterocycles. The average Bonchev–Trinajstić information content (AvgIpc) is 3.02. The normalized spacial score (nSPS) is 14.5. The van der Waals surface area contributed by atoms with Crippen LogP contribution in [-0.4, -0.2) is 34.6 Å². The first-order chi connectivity index (χ1) is 10.3. The molecule has 110 valence electrons. The molecule has 1 aliphatic heterocycles. The maximum absolute atomic E-state index is 4.66. The van der Waals surface area contributed by atoms with Gasteiger partial charge in [-0.15, -0.1) is 0 Å². The second-order valence-corrected chi connectivity index (χ2v) is 5.37. The van der Waals surface area contributed by atoms with Gasteiger partial charge in [-0.05, 0) is 26.7 Å². The molecule has 1 N–H and O–H groups in total. The van der Waals surface area contributed by atoms with Crippen LogP contribution >= 0.6 is 0 Å². The minimum atomic E-state index is 0.657. The fourth-order valence-corrected chi connectivity index (χ4v) is 2.49. The highest BCUT2D eigenvalue weighted by atomic mass is 15.3. The van der Waals surface area contributed by atoms with Crippen LogP contribution in [0.3, 0.4) is 0 Å². The lowest BCUT2D eigenvalue weighted by atomic mass is 10.1. The molecule has 5 nitrogen and oxygen atoms in total. The first-order valence-corrected chi connectivity index (χ1v) is 7.58. The van der Waals surface area contributed by atoms with Crippen molar-refractivity contribution < 1.29 is 0 Å². The van der Waals surface area contributed by atoms with Crippen molar-refractivity contribution in [2.75, 3.05) is 29.9 Å². The average molecular weight is 283 g/mol. The van der Waals surface area contributed by atoms with E-state index in [2.05, 4.69) is 56.4 Å². The summed E-state index contributed by atoms with van der Waals surface area (Å²) in [5, 5.41) is 3.20.